The molecule has 2 nitrogen and oxygen atoms in total. The van der Waals surface area contributed by atoms with E-state index in [0.29, 0.717) is 12.0 Å². The fourth-order valence-corrected chi connectivity index (χ4v) is 3.32. The minimum absolute atomic E-state index is 0.0907. The highest BCUT2D eigenvalue weighted by Gasteiger charge is 2.18. The SMILES string of the molecule is Cc1ccc([C@H](NC(=O)CCc2ccccc2F)c2ccccc2)c(C)c1. The van der Waals surface area contributed by atoms with E-state index >= 15 is 0 Å². The quantitative estimate of drug-likeness (QED) is 0.636. The van der Waals surface area contributed by atoms with Crippen molar-refractivity contribution in [1.82, 2.24) is 5.32 Å². The Morgan fingerprint density at radius 3 is 2.37 bits per heavy atom. The van der Waals surface area contributed by atoms with Crippen LogP contribution in [-0.2, 0) is 11.2 Å². The zero-order chi connectivity index (χ0) is 19.2. The standard InChI is InChI=1S/C24H24FNO/c1-17-12-14-21(18(2)16-17)24(20-9-4-3-5-10-20)26-23(27)15-13-19-8-6-7-11-22(19)25/h3-12,14,16,24H,13,15H2,1-2H3,(H,26,27)/t24-/m1/s1. The molecule has 0 radical (unpaired) electrons. The molecule has 0 bridgehead atoms. The van der Waals surface area contributed by atoms with Crippen LogP contribution in [0.1, 0.15) is 40.3 Å². The van der Waals surface area contributed by atoms with Crippen molar-refractivity contribution in [2.45, 2.75) is 32.7 Å². The molecular formula is C24H24FNO. The zero-order valence-electron chi connectivity index (χ0n) is 15.7. The first-order valence-corrected chi connectivity index (χ1v) is 9.19. The lowest BCUT2D eigenvalue weighted by atomic mass is 9.93. The van der Waals surface area contributed by atoms with Crippen molar-refractivity contribution in [3.63, 3.8) is 0 Å². The summed E-state index contributed by atoms with van der Waals surface area (Å²) in [5, 5.41) is 3.14. The van der Waals surface area contributed by atoms with Gasteiger partial charge in [0.15, 0.2) is 0 Å². The molecule has 0 aliphatic carbocycles. The molecular weight excluding hydrogens is 337 g/mol. The fourth-order valence-electron chi connectivity index (χ4n) is 3.32. The third-order valence-electron chi connectivity index (χ3n) is 4.75. The number of aryl methyl sites for hydroxylation is 3. The van der Waals surface area contributed by atoms with E-state index in [0.717, 1.165) is 16.7 Å². The molecule has 0 fully saturated rings. The molecule has 138 valence electrons. The first kappa shape index (κ1) is 18.8. The maximum Gasteiger partial charge on any atom is 0.221 e. The minimum atomic E-state index is -0.265. The zero-order valence-corrected chi connectivity index (χ0v) is 15.7. The van der Waals surface area contributed by atoms with Crippen LogP contribution in [-0.4, -0.2) is 5.91 Å². The Morgan fingerprint density at radius 2 is 1.67 bits per heavy atom. The lowest BCUT2D eigenvalue weighted by Crippen LogP contribution is -2.30. The Hall–Kier alpha value is -2.94. The van der Waals surface area contributed by atoms with Crippen molar-refractivity contribution in [3.05, 3.63) is 106 Å². The molecule has 3 heteroatoms. The second-order valence-electron chi connectivity index (χ2n) is 6.86. The summed E-state index contributed by atoms with van der Waals surface area (Å²) in [7, 11) is 0. The van der Waals surface area contributed by atoms with Crippen LogP contribution in [0.25, 0.3) is 0 Å². The third-order valence-corrected chi connectivity index (χ3v) is 4.75. The van der Waals surface area contributed by atoms with E-state index in [1.807, 2.05) is 30.3 Å². The molecule has 0 saturated heterocycles. The molecule has 0 unspecified atom stereocenters. The van der Waals surface area contributed by atoms with Crippen LogP contribution in [0, 0.1) is 19.7 Å². The third kappa shape index (κ3) is 4.82. The van der Waals surface area contributed by atoms with Crippen LogP contribution in [0.15, 0.2) is 72.8 Å². The summed E-state index contributed by atoms with van der Waals surface area (Å²) in [6.45, 7) is 4.12. The van der Waals surface area contributed by atoms with Gasteiger partial charge < -0.3 is 5.32 Å². The van der Waals surface area contributed by atoms with Crippen molar-refractivity contribution in [1.29, 1.82) is 0 Å². The minimum Gasteiger partial charge on any atom is -0.345 e. The number of halogens is 1. The summed E-state index contributed by atoms with van der Waals surface area (Å²) < 4.78 is 13.8. The predicted octanol–water partition coefficient (Wildman–Crippen LogP) is 5.28. The van der Waals surface area contributed by atoms with E-state index in [4.69, 9.17) is 0 Å². The van der Waals surface area contributed by atoms with Gasteiger partial charge in [0, 0.05) is 6.42 Å². The summed E-state index contributed by atoms with van der Waals surface area (Å²) >= 11 is 0. The number of hydrogen-bond acceptors (Lipinski definition) is 1. The monoisotopic (exact) mass is 361 g/mol. The molecule has 0 spiro atoms. The molecule has 1 atom stereocenters. The molecule has 1 amide bonds. The van der Waals surface area contributed by atoms with E-state index in [-0.39, 0.29) is 24.2 Å². The number of carbonyl (C=O) groups excluding carboxylic acids is 1. The summed E-state index contributed by atoms with van der Waals surface area (Å²) in [5.74, 6) is -0.355. The number of rotatable bonds is 6. The lowest BCUT2D eigenvalue weighted by molar-refractivity contribution is -0.121. The first-order valence-electron chi connectivity index (χ1n) is 9.19. The van der Waals surface area contributed by atoms with Crippen LogP contribution in [0.3, 0.4) is 0 Å². The van der Waals surface area contributed by atoms with Gasteiger partial charge in [-0.15, -0.1) is 0 Å². The first-order chi connectivity index (χ1) is 13.0. The molecule has 27 heavy (non-hydrogen) atoms. The van der Waals surface area contributed by atoms with Crippen LogP contribution < -0.4 is 5.32 Å². The van der Waals surface area contributed by atoms with Gasteiger partial charge in [0.05, 0.1) is 6.04 Å². The van der Waals surface area contributed by atoms with E-state index in [9.17, 15) is 9.18 Å². The topological polar surface area (TPSA) is 29.1 Å². The molecule has 0 aromatic heterocycles. The maximum absolute atomic E-state index is 13.8. The second kappa shape index (κ2) is 8.63. The lowest BCUT2D eigenvalue weighted by Gasteiger charge is -2.22. The van der Waals surface area contributed by atoms with Gasteiger partial charge in [0.25, 0.3) is 0 Å². The van der Waals surface area contributed by atoms with Crippen LogP contribution in [0.2, 0.25) is 0 Å². The van der Waals surface area contributed by atoms with Gasteiger partial charge in [-0.2, -0.15) is 0 Å². The molecule has 3 aromatic carbocycles. The second-order valence-corrected chi connectivity index (χ2v) is 6.86. The molecule has 3 rings (SSSR count). The van der Waals surface area contributed by atoms with Crippen LogP contribution >= 0.6 is 0 Å². The molecule has 1 N–H and O–H groups in total. The van der Waals surface area contributed by atoms with Gasteiger partial charge in [-0.3, -0.25) is 4.79 Å². The average Bonchev–Trinajstić information content (AvgIpc) is 2.67. The van der Waals surface area contributed by atoms with Crippen LogP contribution in [0.4, 0.5) is 4.39 Å². The van der Waals surface area contributed by atoms with Gasteiger partial charge in [-0.05, 0) is 48.6 Å². The Labute approximate surface area is 160 Å². The Bertz CT molecular complexity index is 921. The van der Waals surface area contributed by atoms with E-state index in [1.165, 1.54) is 11.6 Å². The highest BCUT2D eigenvalue weighted by molar-refractivity contribution is 5.77. The number of nitrogens with one attached hydrogen (secondary N) is 1. The summed E-state index contributed by atoms with van der Waals surface area (Å²) in [6.07, 6.45) is 0.627. The van der Waals surface area contributed by atoms with Gasteiger partial charge in [-0.1, -0.05) is 72.3 Å². The average molecular weight is 361 g/mol. The van der Waals surface area contributed by atoms with E-state index < -0.39 is 0 Å². The Morgan fingerprint density at radius 1 is 0.963 bits per heavy atom. The number of benzene rings is 3. The van der Waals surface area contributed by atoms with Crippen molar-refractivity contribution in [3.8, 4) is 0 Å². The van der Waals surface area contributed by atoms with E-state index in [1.54, 1.807) is 18.2 Å². The number of amides is 1. The van der Waals surface area contributed by atoms with Crippen LogP contribution in [0.5, 0.6) is 0 Å². The van der Waals surface area contributed by atoms with Crippen molar-refractivity contribution in [2.24, 2.45) is 0 Å². The van der Waals surface area contributed by atoms with Gasteiger partial charge in [-0.25, -0.2) is 4.39 Å². The largest absolute Gasteiger partial charge is 0.345 e. The molecule has 0 aliphatic rings. The summed E-state index contributed by atoms with van der Waals surface area (Å²) in [4.78, 5) is 12.6. The van der Waals surface area contributed by atoms with Gasteiger partial charge >= 0.3 is 0 Å². The normalized spacial score (nSPS) is 11.8. The summed E-state index contributed by atoms with van der Waals surface area (Å²) in [5.41, 5.74) is 5.00. The van der Waals surface area contributed by atoms with Crippen molar-refractivity contribution >= 4 is 5.91 Å². The molecule has 0 heterocycles. The Kier molecular flexibility index (Phi) is 6.02. The number of carbonyl (C=O) groups is 1. The van der Waals surface area contributed by atoms with Crippen molar-refractivity contribution in [2.75, 3.05) is 0 Å². The maximum atomic E-state index is 13.8. The Balaban J connectivity index is 1.79. The number of hydrogen-bond donors (Lipinski definition) is 1. The smallest absolute Gasteiger partial charge is 0.221 e. The highest BCUT2D eigenvalue weighted by Crippen LogP contribution is 2.26. The summed E-state index contributed by atoms with van der Waals surface area (Å²) in [6, 6.07) is 22.6. The molecule has 0 aliphatic heterocycles. The van der Waals surface area contributed by atoms with Gasteiger partial charge in [0.2, 0.25) is 5.91 Å². The van der Waals surface area contributed by atoms with Gasteiger partial charge in [0.1, 0.15) is 5.82 Å². The predicted molar refractivity (Wildman–Crippen MR) is 107 cm³/mol. The van der Waals surface area contributed by atoms with Crippen molar-refractivity contribution < 1.29 is 9.18 Å². The fraction of sp³-hybridized carbons (Fsp3) is 0.208. The van der Waals surface area contributed by atoms with E-state index in [2.05, 4.69) is 37.4 Å². The molecule has 0 saturated carbocycles. The molecule has 3 aromatic rings. The highest BCUT2D eigenvalue weighted by atomic mass is 19.1.